The molecule has 3 N–H and O–H groups in total. The lowest BCUT2D eigenvalue weighted by molar-refractivity contribution is -0.133. The van der Waals surface area contributed by atoms with Crippen LogP contribution in [0.3, 0.4) is 0 Å². The van der Waals surface area contributed by atoms with Gasteiger partial charge in [-0.3, -0.25) is 9.59 Å². The third-order valence-corrected chi connectivity index (χ3v) is 2.32. The van der Waals surface area contributed by atoms with Crippen molar-refractivity contribution in [3.63, 3.8) is 0 Å². The first-order valence-electron chi connectivity index (χ1n) is 5.31. The zero-order valence-corrected chi connectivity index (χ0v) is 8.95. The fourth-order valence-corrected chi connectivity index (χ4v) is 1.51. The summed E-state index contributed by atoms with van der Waals surface area (Å²) in [5.74, 6) is -0.657. The van der Waals surface area contributed by atoms with Crippen LogP contribution in [0, 0.1) is 5.92 Å². The molecule has 5 nitrogen and oxygen atoms in total. The normalized spacial score (nSPS) is 21.2. The van der Waals surface area contributed by atoms with Crippen molar-refractivity contribution in [1.82, 2.24) is 5.32 Å². The average molecular weight is 211 g/mol. The Hall–Kier alpha value is -1.23. The monoisotopic (exact) mass is 211 g/mol. The molecule has 2 amide bonds. The minimum atomic E-state index is -0.586. The van der Waals surface area contributed by atoms with Gasteiger partial charge in [0.05, 0.1) is 0 Å². The van der Waals surface area contributed by atoms with Gasteiger partial charge in [-0.05, 0) is 19.4 Å². The number of hydrogen-bond donors (Lipinski definition) is 2. The highest BCUT2D eigenvalue weighted by molar-refractivity contribution is 6.15. The molecule has 0 radical (unpaired) electrons. The molecule has 1 aliphatic rings. The Morgan fingerprint density at radius 2 is 2.20 bits per heavy atom. The smallest absolute Gasteiger partial charge is 0.259 e. The first kappa shape index (κ1) is 11.8. The molecule has 5 heteroatoms. The van der Waals surface area contributed by atoms with Gasteiger partial charge in [0.2, 0.25) is 5.91 Å². The summed E-state index contributed by atoms with van der Waals surface area (Å²) in [6, 6.07) is 0. The zero-order chi connectivity index (χ0) is 11.3. The maximum absolute atomic E-state index is 11.5. The minimum Gasteiger partial charge on any atom is -0.330 e. The lowest BCUT2D eigenvalue weighted by atomic mass is 10.0. The van der Waals surface area contributed by atoms with E-state index in [0.29, 0.717) is 25.2 Å². The van der Waals surface area contributed by atoms with Crippen molar-refractivity contribution in [2.24, 2.45) is 16.6 Å². The van der Waals surface area contributed by atoms with Crippen molar-refractivity contribution < 1.29 is 9.59 Å². The Bertz CT molecular complexity index is 286. The second-order valence-corrected chi connectivity index (χ2v) is 3.62. The summed E-state index contributed by atoms with van der Waals surface area (Å²) in [6.45, 7) is 2.47. The fourth-order valence-electron chi connectivity index (χ4n) is 1.51. The summed E-state index contributed by atoms with van der Waals surface area (Å²) in [7, 11) is 0. The Labute approximate surface area is 89.1 Å². The minimum absolute atomic E-state index is 0.219. The molecule has 0 bridgehead atoms. The standard InChI is InChI=1S/C10H17N3O2/c1-2-4-7-9(14)12-8(5-3-6-11)13-10(7)15/h7H,2-6,11H2,1H3,(H,12,13,14,15). The van der Waals surface area contributed by atoms with E-state index in [9.17, 15) is 9.59 Å². The molecule has 0 fully saturated rings. The quantitative estimate of drug-likeness (QED) is 0.637. The summed E-state index contributed by atoms with van der Waals surface area (Å²) in [4.78, 5) is 26.9. The SMILES string of the molecule is CCCC1C(=O)N=C(CCCN)NC1=O. The largest absolute Gasteiger partial charge is 0.330 e. The molecule has 0 spiro atoms. The van der Waals surface area contributed by atoms with E-state index in [1.54, 1.807) is 0 Å². The number of nitrogens with one attached hydrogen (secondary N) is 1. The number of aliphatic imine (C=N–C) groups is 1. The number of carbonyl (C=O) groups excluding carboxylic acids is 2. The van der Waals surface area contributed by atoms with Gasteiger partial charge in [-0.1, -0.05) is 13.3 Å². The predicted molar refractivity (Wildman–Crippen MR) is 57.3 cm³/mol. The van der Waals surface area contributed by atoms with E-state index in [4.69, 9.17) is 5.73 Å². The number of amidine groups is 1. The van der Waals surface area contributed by atoms with Gasteiger partial charge in [0.15, 0.2) is 0 Å². The lowest BCUT2D eigenvalue weighted by Crippen LogP contribution is -2.44. The summed E-state index contributed by atoms with van der Waals surface area (Å²) in [6.07, 6.45) is 2.66. The number of nitrogens with two attached hydrogens (primary N) is 1. The predicted octanol–water partition coefficient (Wildman–Crippen LogP) is 0.197. The third kappa shape index (κ3) is 3.13. The molecule has 84 valence electrons. The van der Waals surface area contributed by atoms with Crippen LogP contribution in [0.2, 0.25) is 0 Å². The van der Waals surface area contributed by atoms with E-state index in [1.165, 1.54) is 0 Å². The average Bonchev–Trinajstić information content (AvgIpc) is 2.20. The van der Waals surface area contributed by atoms with Crippen molar-refractivity contribution in [3.8, 4) is 0 Å². The van der Waals surface area contributed by atoms with Gasteiger partial charge in [0.25, 0.3) is 5.91 Å². The Morgan fingerprint density at radius 3 is 2.73 bits per heavy atom. The van der Waals surface area contributed by atoms with E-state index in [-0.39, 0.29) is 11.8 Å². The highest BCUT2D eigenvalue weighted by Gasteiger charge is 2.30. The van der Waals surface area contributed by atoms with Crippen molar-refractivity contribution in [2.75, 3.05) is 6.54 Å². The van der Waals surface area contributed by atoms with Gasteiger partial charge in [-0.15, -0.1) is 0 Å². The van der Waals surface area contributed by atoms with E-state index in [2.05, 4.69) is 10.3 Å². The van der Waals surface area contributed by atoms with Gasteiger partial charge in [0, 0.05) is 6.42 Å². The van der Waals surface area contributed by atoms with E-state index in [0.717, 1.165) is 12.8 Å². The molecular formula is C10H17N3O2. The third-order valence-electron chi connectivity index (χ3n) is 2.32. The second kappa shape index (κ2) is 5.60. The van der Waals surface area contributed by atoms with E-state index < -0.39 is 5.92 Å². The van der Waals surface area contributed by atoms with Crippen molar-refractivity contribution in [1.29, 1.82) is 0 Å². The van der Waals surface area contributed by atoms with Crippen LogP contribution < -0.4 is 11.1 Å². The van der Waals surface area contributed by atoms with Crippen LogP contribution >= 0.6 is 0 Å². The van der Waals surface area contributed by atoms with Gasteiger partial charge >= 0.3 is 0 Å². The summed E-state index contributed by atoms with van der Waals surface area (Å²) >= 11 is 0. The van der Waals surface area contributed by atoms with E-state index >= 15 is 0 Å². The summed E-state index contributed by atoms with van der Waals surface area (Å²) in [5.41, 5.74) is 5.34. The zero-order valence-electron chi connectivity index (χ0n) is 8.95. The van der Waals surface area contributed by atoms with Crippen LogP contribution in [-0.4, -0.2) is 24.2 Å². The van der Waals surface area contributed by atoms with Crippen molar-refractivity contribution in [3.05, 3.63) is 0 Å². The fraction of sp³-hybridized carbons (Fsp3) is 0.700. The maximum Gasteiger partial charge on any atom is 0.259 e. The molecule has 1 aliphatic heterocycles. The molecule has 0 aliphatic carbocycles. The molecule has 0 saturated heterocycles. The highest BCUT2D eigenvalue weighted by Crippen LogP contribution is 2.13. The Balaban J connectivity index is 2.63. The number of carbonyl (C=O) groups is 2. The lowest BCUT2D eigenvalue weighted by Gasteiger charge is -2.19. The molecule has 15 heavy (non-hydrogen) atoms. The molecule has 0 aromatic heterocycles. The molecule has 1 unspecified atom stereocenters. The number of rotatable bonds is 5. The van der Waals surface area contributed by atoms with E-state index in [1.807, 2.05) is 6.92 Å². The number of nitrogens with zero attached hydrogens (tertiary/aromatic N) is 1. The number of hydrogen-bond acceptors (Lipinski definition) is 3. The van der Waals surface area contributed by atoms with Crippen LogP contribution in [0.4, 0.5) is 0 Å². The maximum atomic E-state index is 11.5. The molecule has 1 rings (SSSR count). The van der Waals surface area contributed by atoms with Crippen molar-refractivity contribution in [2.45, 2.75) is 32.6 Å². The second-order valence-electron chi connectivity index (χ2n) is 3.62. The van der Waals surface area contributed by atoms with Crippen LogP contribution in [0.5, 0.6) is 0 Å². The van der Waals surface area contributed by atoms with Gasteiger partial charge in [-0.25, -0.2) is 0 Å². The Kier molecular flexibility index (Phi) is 4.42. The molecular weight excluding hydrogens is 194 g/mol. The summed E-state index contributed by atoms with van der Waals surface area (Å²) in [5, 5.41) is 2.65. The Morgan fingerprint density at radius 1 is 1.47 bits per heavy atom. The van der Waals surface area contributed by atoms with Crippen LogP contribution in [-0.2, 0) is 9.59 Å². The molecule has 0 aromatic rings. The van der Waals surface area contributed by atoms with Crippen LogP contribution in [0.15, 0.2) is 4.99 Å². The first-order valence-corrected chi connectivity index (χ1v) is 5.31. The van der Waals surface area contributed by atoms with Crippen LogP contribution in [0.1, 0.15) is 32.6 Å². The van der Waals surface area contributed by atoms with Crippen LogP contribution in [0.25, 0.3) is 0 Å². The topological polar surface area (TPSA) is 84.6 Å². The van der Waals surface area contributed by atoms with Crippen molar-refractivity contribution >= 4 is 17.6 Å². The number of amides is 2. The summed E-state index contributed by atoms with van der Waals surface area (Å²) < 4.78 is 0. The molecule has 0 saturated carbocycles. The molecule has 1 heterocycles. The van der Waals surface area contributed by atoms with Gasteiger partial charge in [-0.2, -0.15) is 4.99 Å². The molecule has 1 atom stereocenters. The van der Waals surface area contributed by atoms with Gasteiger partial charge < -0.3 is 11.1 Å². The molecule has 0 aromatic carbocycles. The first-order chi connectivity index (χ1) is 7.19. The highest BCUT2D eigenvalue weighted by atomic mass is 16.2. The van der Waals surface area contributed by atoms with Gasteiger partial charge in [0.1, 0.15) is 11.8 Å².